The first-order valence-corrected chi connectivity index (χ1v) is 8.29. The molecule has 1 saturated carbocycles. The predicted molar refractivity (Wildman–Crippen MR) is 69.4 cm³/mol. The molecular formula is C13H20FeNO2Si. The van der Waals surface area contributed by atoms with Crippen molar-refractivity contribution < 1.29 is 26.1 Å². The molecule has 1 aliphatic rings. The SMILES string of the molecule is C1CCCC1.C[Si](C)Oc1ccccn1.[C-]#[O+].[Fe]. The van der Waals surface area contributed by atoms with E-state index in [1.165, 1.54) is 32.1 Å². The maximum Gasteiger partial charge on any atom is 0 e. The Labute approximate surface area is 122 Å². The van der Waals surface area contributed by atoms with Crippen molar-refractivity contribution in [1.82, 2.24) is 4.98 Å². The molecule has 1 radical (unpaired) electrons. The van der Waals surface area contributed by atoms with Gasteiger partial charge in [0.25, 0.3) is 9.04 Å². The van der Waals surface area contributed by atoms with E-state index in [1.54, 1.807) is 6.20 Å². The molecule has 3 nitrogen and oxygen atoms in total. The van der Waals surface area contributed by atoms with E-state index in [9.17, 15) is 0 Å². The topological polar surface area (TPSA) is 42.0 Å². The summed E-state index contributed by atoms with van der Waals surface area (Å²) in [6.07, 6.45) is 9.24. The second-order valence-corrected chi connectivity index (χ2v) is 5.97. The number of pyridine rings is 1. The molecule has 1 fully saturated rings. The van der Waals surface area contributed by atoms with Crippen LogP contribution in [0.5, 0.6) is 5.88 Å². The number of hydrogen-bond acceptors (Lipinski definition) is 2. The van der Waals surface area contributed by atoms with Gasteiger partial charge in [-0.2, -0.15) is 0 Å². The molecule has 1 aromatic rings. The van der Waals surface area contributed by atoms with Crippen molar-refractivity contribution in [2.24, 2.45) is 0 Å². The summed E-state index contributed by atoms with van der Waals surface area (Å²) in [4.78, 5) is 4.02. The molecule has 0 bridgehead atoms. The Morgan fingerprint density at radius 1 is 1.11 bits per heavy atom. The summed E-state index contributed by atoms with van der Waals surface area (Å²) in [5.41, 5.74) is 0. The van der Waals surface area contributed by atoms with Crippen molar-refractivity contribution in [2.75, 3.05) is 0 Å². The van der Waals surface area contributed by atoms with E-state index in [1.807, 2.05) is 18.2 Å². The van der Waals surface area contributed by atoms with Crippen LogP contribution in [0.15, 0.2) is 24.4 Å². The van der Waals surface area contributed by atoms with E-state index in [-0.39, 0.29) is 17.1 Å². The summed E-state index contributed by atoms with van der Waals surface area (Å²) in [6, 6.07) is 5.68. The molecule has 0 saturated heterocycles. The molecule has 0 atom stereocenters. The molecule has 2 rings (SSSR count). The van der Waals surface area contributed by atoms with Gasteiger partial charge in [-0.15, -0.1) is 0 Å². The maximum atomic E-state index is 7.50. The minimum Gasteiger partial charge on any atom is 0 e. The minimum absolute atomic E-state index is 0. The van der Waals surface area contributed by atoms with Crippen LogP contribution in [0, 0.1) is 6.65 Å². The number of hydrogen-bond donors (Lipinski definition) is 0. The van der Waals surface area contributed by atoms with Crippen LogP contribution in [-0.2, 0) is 21.7 Å². The van der Waals surface area contributed by atoms with Crippen molar-refractivity contribution >= 4 is 9.04 Å². The summed E-state index contributed by atoms with van der Waals surface area (Å²) in [6.45, 7) is 8.67. The standard InChI is InChI=1S/C7H10NOSi.C5H10.CO.Fe/c1-10(2)9-7-5-3-4-6-8-7;1-2-4-5-3-1;1-2;/h3-6H,1-2H3;1-5H2;;. The summed E-state index contributed by atoms with van der Waals surface area (Å²) in [5.74, 6) is 0.737. The van der Waals surface area contributed by atoms with Gasteiger partial charge in [0.2, 0.25) is 0 Å². The van der Waals surface area contributed by atoms with E-state index in [4.69, 9.17) is 9.08 Å². The Kier molecular flexibility index (Phi) is 15.9. The Morgan fingerprint density at radius 3 is 1.94 bits per heavy atom. The molecule has 1 heterocycles. The monoisotopic (exact) mass is 306 g/mol. The maximum absolute atomic E-state index is 7.50. The fraction of sp³-hybridized carbons (Fsp3) is 0.538. The van der Waals surface area contributed by atoms with Crippen molar-refractivity contribution in [3.63, 3.8) is 0 Å². The summed E-state index contributed by atoms with van der Waals surface area (Å²) < 4.78 is 12.9. The third-order valence-electron chi connectivity index (χ3n) is 2.20. The van der Waals surface area contributed by atoms with Gasteiger partial charge in [0.05, 0.1) is 0 Å². The van der Waals surface area contributed by atoms with Crippen LogP contribution in [0.3, 0.4) is 0 Å². The smallest absolute Gasteiger partial charge is 0 e. The Morgan fingerprint density at radius 2 is 1.61 bits per heavy atom. The molecule has 0 spiro atoms. The van der Waals surface area contributed by atoms with Gasteiger partial charge in [0, 0.05) is 23.3 Å². The zero-order chi connectivity index (χ0) is 12.9. The minimum atomic E-state index is -0.649. The third-order valence-corrected chi connectivity index (χ3v) is 2.81. The van der Waals surface area contributed by atoms with Crippen LogP contribution in [0.4, 0.5) is 0 Å². The Bertz CT molecular complexity index is 282. The fourth-order valence-corrected chi connectivity index (χ4v) is 2.04. The van der Waals surface area contributed by atoms with Crippen molar-refractivity contribution in [1.29, 1.82) is 0 Å². The van der Waals surface area contributed by atoms with Gasteiger partial charge in [-0.25, -0.2) is 4.98 Å². The largest absolute Gasteiger partial charge is 0 e. The molecule has 18 heavy (non-hydrogen) atoms. The fourth-order valence-electron chi connectivity index (χ4n) is 1.50. The molecule has 101 valence electrons. The van der Waals surface area contributed by atoms with Crippen LogP contribution >= 0.6 is 0 Å². The third kappa shape index (κ3) is 11.9. The van der Waals surface area contributed by atoms with E-state index in [2.05, 4.69) is 24.7 Å². The quantitative estimate of drug-likeness (QED) is 0.476. The van der Waals surface area contributed by atoms with E-state index < -0.39 is 9.04 Å². The molecule has 0 unspecified atom stereocenters. The van der Waals surface area contributed by atoms with Crippen molar-refractivity contribution in [3.05, 3.63) is 31.0 Å². The Balaban J connectivity index is 0. The van der Waals surface area contributed by atoms with Crippen LogP contribution < -0.4 is 4.43 Å². The second kappa shape index (κ2) is 14.5. The number of aromatic nitrogens is 1. The predicted octanol–water partition coefficient (Wildman–Crippen LogP) is 3.62. The first-order chi connectivity index (χ1) is 8.29. The van der Waals surface area contributed by atoms with E-state index in [0.717, 1.165) is 5.88 Å². The van der Waals surface area contributed by atoms with Crippen LogP contribution in [0.1, 0.15) is 32.1 Å². The van der Waals surface area contributed by atoms with Gasteiger partial charge >= 0.3 is 11.3 Å². The van der Waals surface area contributed by atoms with Gasteiger partial charge in [-0.05, 0) is 25.2 Å². The second-order valence-electron chi connectivity index (χ2n) is 3.95. The zero-order valence-electron chi connectivity index (χ0n) is 11.0. The number of nitrogens with zero attached hydrogens (tertiary/aromatic N) is 1. The average Bonchev–Trinajstić information content (AvgIpc) is 2.91. The van der Waals surface area contributed by atoms with Crippen molar-refractivity contribution in [3.8, 4) is 5.88 Å². The molecule has 0 aromatic carbocycles. The summed E-state index contributed by atoms with van der Waals surface area (Å²) in [7, 11) is -0.649. The zero-order valence-corrected chi connectivity index (χ0v) is 13.1. The van der Waals surface area contributed by atoms with Crippen molar-refractivity contribution in [2.45, 2.75) is 45.2 Å². The van der Waals surface area contributed by atoms with Gasteiger partial charge in [-0.3, -0.25) is 0 Å². The van der Waals surface area contributed by atoms with Gasteiger partial charge < -0.3 is 4.43 Å². The van der Waals surface area contributed by atoms with Crippen LogP contribution in [0.25, 0.3) is 0 Å². The van der Waals surface area contributed by atoms with E-state index >= 15 is 0 Å². The van der Waals surface area contributed by atoms with E-state index in [0.29, 0.717) is 0 Å². The van der Waals surface area contributed by atoms with Gasteiger partial charge in [-0.1, -0.05) is 38.2 Å². The van der Waals surface area contributed by atoms with Crippen LogP contribution in [0.2, 0.25) is 13.1 Å². The number of rotatable bonds is 2. The Hall–Kier alpha value is -0.574. The first-order valence-electron chi connectivity index (χ1n) is 5.88. The average molecular weight is 306 g/mol. The van der Waals surface area contributed by atoms with Gasteiger partial charge in [0.15, 0.2) is 5.88 Å². The molecule has 1 aliphatic carbocycles. The molecule has 1 aromatic heterocycles. The molecule has 5 heteroatoms. The summed E-state index contributed by atoms with van der Waals surface area (Å²) in [5, 5.41) is 0. The molecule has 0 amide bonds. The molecule has 0 N–H and O–H groups in total. The molecule has 0 aliphatic heterocycles. The molecular weight excluding hydrogens is 286 g/mol. The normalized spacial score (nSPS) is 12.3. The van der Waals surface area contributed by atoms with Crippen LogP contribution in [-0.4, -0.2) is 14.0 Å². The van der Waals surface area contributed by atoms with Gasteiger partial charge in [0.1, 0.15) is 0 Å². The first kappa shape index (κ1) is 19.8. The summed E-state index contributed by atoms with van der Waals surface area (Å²) >= 11 is 0.